The summed E-state index contributed by atoms with van der Waals surface area (Å²) in [6.07, 6.45) is 0. The topological polar surface area (TPSA) is 30.0 Å². The summed E-state index contributed by atoms with van der Waals surface area (Å²) in [6, 6.07) is 8.15. The van der Waals surface area contributed by atoms with Crippen LogP contribution in [-0.2, 0) is 0 Å². The lowest BCUT2D eigenvalue weighted by Crippen LogP contribution is -1.94. The number of benzene rings is 1. The van der Waals surface area contributed by atoms with Gasteiger partial charge in [0.15, 0.2) is 5.78 Å². The number of thiazole rings is 1. The van der Waals surface area contributed by atoms with Gasteiger partial charge in [-0.1, -0.05) is 29.8 Å². The van der Waals surface area contributed by atoms with Crippen LogP contribution in [0.3, 0.4) is 0 Å². The molecule has 0 aliphatic heterocycles. The summed E-state index contributed by atoms with van der Waals surface area (Å²) in [5.41, 5.74) is 2.86. The van der Waals surface area contributed by atoms with Crippen molar-refractivity contribution in [2.75, 3.05) is 0 Å². The normalized spacial score (nSPS) is 10.4. The number of ketones is 1. The third-order valence-electron chi connectivity index (χ3n) is 2.35. The van der Waals surface area contributed by atoms with E-state index in [1.807, 2.05) is 32.0 Å². The Balaban J connectivity index is 2.59. The molecule has 0 saturated carbocycles. The van der Waals surface area contributed by atoms with Crippen LogP contribution in [0.15, 0.2) is 24.3 Å². The van der Waals surface area contributed by atoms with Crippen molar-refractivity contribution in [2.24, 2.45) is 0 Å². The highest BCUT2D eigenvalue weighted by Crippen LogP contribution is 2.30. The Labute approximate surface area is 99.0 Å². The van der Waals surface area contributed by atoms with Crippen molar-refractivity contribution in [2.45, 2.75) is 20.8 Å². The third kappa shape index (κ3) is 2.04. The van der Waals surface area contributed by atoms with E-state index >= 15 is 0 Å². The third-order valence-corrected chi connectivity index (χ3v) is 3.37. The van der Waals surface area contributed by atoms with Gasteiger partial charge in [-0.3, -0.25) is 4.79 Å². The molecule has 2 aromatic rings. The molecule has 0 amide bonds. The molecule has 0 radical (unpaired) electrons. The molecule has 0 atom stereocenters. The minimum atomic E-state index is 0.0286. The van der Waals surface area contributed by atoms with Crippen molar-refractivity contribution in [3.8, 4) is 10.4 Å². The van der Waals surface area contributed by atoms with Gasteiger partial charge in [-0.05, 0) is 19.4 Å². The van der Waals surface area contributed by atoms with E-state index in [0.29, 0.717) is 5.69 Å². The quantitative estimate of drug-likeness (QED) is 0.739. The molecule has 1 aromatic carbocycles. The monoisotopic (exact) mass is 231 g/mol. The number of hydrogen-bond donors (Lipinski definition) is 0. The maximum atomic E-state index is 11.5. The van der Waals surface area contributed by atoms with Crippen molar-refractivity contribution in [1.82, 2.24) is 4.98 Å². The predicted octanol–water partition coefficient (Wildman–Crippen LogP) is 3.63. The Bertz CT molecular complexity index is 543. The highest BCUT2D eigenvalue weighted by molar-refractivity contribution is 7.15. The zero-order valence-corrected chi connectivity index (χ0v) is 10.4. The number of rotatable bonds is 2. The van der Waals surface area contributed by atoms with Crippen molar-refractivity contribution in [3.63, 3.8) is 0 Å². The molecule has 1 heterocycles. The summed E-state index contributed by atoms with van der Waals surface area (Å²) in [4.78, 5) is 16.7. The van der Waals surface area contributed by atoms with E-state index in [9.17, 15) is 4.79 Å². The van der Waals surface area contributed by atoms with E-state index in [2.05, 4.69) is 11.1 Å². The first-order valence-electron chi connectivity index (χ1n) is 5.13. The van der Waals surface area contributed by atoms with Crippen molar-refractivity contribution in [1.29, 1.82) is 0 Å². The van der Waals surface area contributed by atoms with Gasteiger partial charge in [0.25, 0.3) is 0 Å². The molecule has 0 spiro atoms. The van der Waals surface area contributed by atoms with E-state index in [0.717, 1.165) is 15.4 Å². The SMILES string of the molecule is CC(=O)c1nc(C)sc1-c1cccc(C)c1. The molecule has 0 aliphatic rings. The first kappa shape index (κ1) is 11.0. The lowest BCUT2D eigenvalue weighted by Gasteiger charge is -2.00. The molecule has 0 unspecified atom stereocenters. The largest absolute Gasteiger partial charge is 0.293 e. The second-order valence-corrected chi connectivity index (χ2v) is 5.04. The molecule has 1 aromatic heterocycles. The summed E-state index contributed by atoms with van der Waals surface area (Å²) < 4.78 is 0. The van der Waals surface area contributed by atoms with Gasteiger partial charge in [0, 0.05) is 6.92 Å². The molecule has 2 nitrogen and oxygen atoms in total. The number of carbonyl (C=O) groups excluding carboxylic acids is 1. The summed E-state index contributed by atoms with van der Waals surface area (Å²) in [7, 11) is 0. The molecular weight excluding hydrogens is 218 g/mol. The van der Waals surface area contributed by atoms with Crippen LogP contribution in [0, 0.1) is 13.8 Å². The summed E-state index contributed by atoms with van der Waals surface area (Å²) in [5.74, 6) is 0.0286. The van der Waals surface area contributed by atoms with Gasteiger partial charge in [0.1, 0.15) is 5.69 Å². The number of hydrogen-bond acceptors (Lipinski definition) is 3. The van der Waals surface area contributed by atoms with E-state index < -0.39 is 0 Å². The Hall–Kier alpha value is -1.48. The Morgan fingerprint density at radius 1 is 1.31 bits per heavy atom. The molecule has 2 rings (SSSR count). The summed E-state index contributed by atoms with van der Waals surface area (Å²) >= 11 is 1.57. The molecule has 82 valence electrons. The summed E-state index contributed by atoms with van der Waals surface area (Å²) in [6.45, 7) is 5.54. The Morgan fingerprint density at radius 3 is 2.69 bits per heavy atom. The average molecular weight is 231 g/mol. The average Bonchev–Trinajstić information content (AvgIpc) is 2.60. The van der Waals surface area contributed by atoms with Gasteiger partial charge in [-0.25, -0.2) is 4.98 Å². The lowest BCUT2D eigenvalue weighted by molar-refractivity contribution is 0.101. The first-order chi connectivity index (χ1) is 7.58. The molecule has 0 bridgehead atoms. The molecular formula is C13H13NOS. The minimum absolute atomic E-state index is 0.0286. The van der Waals surface area contributed by atoms with E-state index in [4.69, 9.17) is 0 Å². The van der Waals surface area contributed by atoms with Gasteiger partial charge in [0.2, 0.25) is 0 Å². The van der Waals surface area contributed by atoms with Crippen molar-refractivity contribution in [3.05, 3.63) is 40.5 Å². The van der Waals surface area contributed by atoms with E-state index in [1.54, 1.807) is 18.3 Å². The highest BCUT2D eigenvalue weighted by atomic mass is 32.1. The molecule has 0 fully saturated rings. The van der Waals surface area contributed by atoms with Crippen molar-refractivity contribution < 1.29 is 4.79 Å². The van der Waals surface area contributed by atoms with Crippen LogP contribution in [0.1, 0.15) is 28.0 Å². The fourth-order valence-electron chi connectivity index (χ4n) is 1.65. The fraction of sp³-hybridized carbons (Fsp3) is 0.231. The lowest BCUT2D eigenvalue weighted by atomic mass is 10.1. The minimum Gasteiger partial charge on any atom is -0.293 e. The second kappa shape index (κ2) is 4.18. The number of aromatic nitrogens is 1. The van der Waals surface area contributed by atoms with Crippen LogP contribution in [0.5, 0.6) is 0 Å². The number of nitrogens with zero attached hydrogens (tertiary/aromatic N) is 1. The van der Waals surface area contributed by atoms with Gasteiger partial charge >= 0.3 is 0 Å². The fourth-order valence-corrected chi connectivity index (χ4v) is 2.61. The van der Waals surface area contributed by atoms with Crippen LogP contribution in [0.2, 0.25) is 0 Å². The maximum Gasteiger partial charge on any atom is 0.179 e. The number of carbonyl (C=O) groups is 1. The van der Waals surface area contributed by atoms with Crippen LogP contribution in [-0.4, -0.2) is 10.8 Å². The number of Topliss-reactive ketones (excluding diaryl/α,β-unsaturated/α-hetero) is 1. The van der Waals surface area contributed by atoms with Crippen LogP contribution in [0.25, 0.3) is 10.4 Å². The predicted molar refractivity (Wildman–Crippen MR) is 67.0 cm³/mol. The van der Waals surface area contributed by atoms with Gasteiger partial charge in [0.05, 0.1) is 9.88 Å². The summed E-state index contributed by atoms with van der Waals surface area (Å²) in [5, 5.41) is 0.932. The Kier molecular flexibility index (Phi) is 2.88. The Morgan fingerprint density at radius 2 is 2.06 bits per heavy atom. The number of aryl methyl sites for hydroxylation is 2. The first-order valence-corrected chi connectivity index (χ1v) is 5.95. The molecule has 0 saturated heterocycles. The molecule has 16 heavy (non-hydrogen) atoms. The second-order valence-electron chi connectivity index (χ2n) is 3.84. The smallest absolute Gasteiger partial charge is 0.179 e. The zero-order chi connectivity index (χ0) is 11.7. The zero-order valence-electron chi connectivity index (χ0n) is 9.57. The van der Waals surface area contributed by atoms with Crippen LogP contribution in [0.4, 0.5) is 0 Å². The molecule has 0 aliphatic carbocycles. The van der Waals surface area contributed by atoms with Crippen LogP contribution < -0.4 is 0 Å². The van der Waals surface area contributed by atoms with E-state index in [-0.39, 0.29) is 5.78 Å². The van der Waals surface area contributed by atoms with Gasteiger partial charge in [-0.2, -0.15) is 0 Å². The van der Waals surface area contributed by atoms with E-state index in [1.165, 1.54) is 5.56 Å². The standard InChI is InChI=1S/C13H13NOS/c1-8-5-4-6-11(7-8)13-12(9(2)15)14-10(3)16-13/h4-7H,1-3H3. The van der Waals surface area contributed by atoms with Gasteiger partial charge in [-0.15, -0.1) is 11.3 Å². The maximum absolute atomic E-state index is 11.5. The van der Waals surface area contributed by atoms with Gasteiger partial charge < -0.3 is 0 Å². The molecule has 3 heteroatoms. The highest BCUT2D eigenvalue weighted by Gasteiger charge is 2.14. The van der Waals surface area contributed by atoms with Crippen LogP contribution >= 0.6 is 11.3 Å². The van der Waals surface area contributed by atoms with Crippen molar-refractivity contribution >= 4 is 17.1 Å². The molecule has 0 N–H and O–H groups in total.